The molecule has 0 aliphatic carbocycles. The third kappa shape index (κ3) is 4.60. The number of allylic oxidation sites excluding steroid dienone is 1. The molecular formula is C28H29N3O5. The van der Waals surface area contributed by atoms with E-state index in [-0.39, 0.29) is 28.4 Å². The number of hydrogen-bond acceptors (Lipinski definition) is 8. The number of nitriles is 1. The maximum atomic E-state index is 13.3. The van der Waals surface area contributed by atoms with Crippen LogP contribution in [0.4, 0.5) is 5.69 Å². The average molecular weight is 488 g/mol. The second-order valence-electron chi connectivity index (χ2n) is 9.37. The minimum atomic E-state index is -0.955. The van der Waals surface area contributed by atoms with Gasteiger partial charge in [-0.25, -0.2) is 9.59 Å². The first-order valence-electron chi connectivity index (χ1n) is 11.3. The molecule has 0 amide bonds. The van der Waals surface area contributed by atoms with Gasteiger partial charge in [0, 0.05) is 5.56 Å². The minimum Gasteiger partial charge on any atom is -0.466 e. The van der Waals surface area contributed by atoms with Gasteiger partial charge in [-0.3, -0.25) is 9.69 Å². The van der Waals surface area contributed by atoms with Crippen LogP contribution in [-0.2, 0) is 24.5 Å². The van der Waals surface area contributed by atoms with Gasteiger partial charge in [0.2, 0.25) is 0 Å². The number of benzene rings is 2. The minimum absolute atomic E-state index is 0.0273. The summed E-state index contributed by atoms with van der Waals surface area (Å²) in [5, 5.41) is 10.2. The molecule has 186 valence electrons. The van der Waals surface area contributed by atoms with Crippen LogP contribution in [0.2, 0.25) is 0 Å². The topological polar surface area (TPSA) is 123 Å². The molecule has 1 atom stereocenters. The Morgan fingerprint density at radius 1 is 1.00 bits per heavy atom. The number of carbonyl (C=O) groups is 3. The van der Waals surface area contributed by atoms with Gasteiger partial charge in [-0.2, -0.15) is 5.26 Å². The van der Waals surface area contributed by atoms with Crippen molar-refractivity contribution in [1.82, 2.24) is 0 Å². The SMILES string of the molecule is COC(=O)C1=C(C(=O)OC)N(c2ccc(C(C)=O)cc2C(C)(C)C)C(N)=C(C#N)C1c1ccccc1. The van der Waals surface area contributed by atoms with Crippen molar-refractivity contribution >= 4 is 23.4 Å². The molecule has 0 radical (unpaired) electrons. The third-order valence-electron chi connectivity index (χ3n) is 6.06. The van der Waals surface area contributed by atoms with Gasteiger partial charge < -0.3 is 15.2 Å². The molecule has 0 saturated heterocycles. The maximum Gasteiger partial charge on any atom is 0.355 e. The lowest BCUT2D eigenvalue weighted by molar-refractivity contribution is -0.139. The summed E-state index contributed by atoms with van der Waals surface area (Å²) in [6.07, 6.45) is 0. The van der Waals surface area contributed by atoms with Gasteiger partial charge >= 0.3 is 11.9 Å². The Kier molecular flexibility index (Phi) is 7.35. The standard InChI is InChI=1S/C28H29N3O5/c1-16(32)18-12-13-21(20(14-18)28(2,3)4)31-24(27(34)36-6)23(26(33)35-5)22(19(15-29)25(31)30)17-10-8-7-9-11-17/h7-14,22H,30H2,1-6H3. The lowest BCUT2D eigenvalue weighted by atomic mass is 9.79. The number of methoxy groups -OCH3 is 2. The van der Waals surface area contributed by atoms with E-state index in [4.69, 9.17) is 15.2 Å². The molecule has 2 N–H and O–H groups in total. The van der Waals surface area contributed by atoms with Crippen molar-refractivity contribution in [2.45, 2.75) is 39.0 Å². The molecule has 0 spiro atoms. The molecule has 0 saturated carbocycles. The Labute approximate surface area is 210 Å². The number of hydrogen-bond donors (Lipinski definition) is 1. The van der Waals surface area contributed by atoms with Crippen LogP contribution in [0.25, 0.3) is 0 Å². The number of rotatable bonds is 5. The first-order valence-corrected chi connectivity index (χ1v) is 11.3. The van der Waals surface area contributed by atoms with Crippen molar-refractivity contribution in [2.24, 2.45) is 5.73 Å². The Balaban J connectivity index is 2.50. The Morgan fingerprint density at radius 3 is 2.11 bits per heavy atom. The third-order valence-corrected chi connectivity index (χ3v) is 6.06. The zero-order valence-electron chi connectivity index (χ0n) is 21.2. The van der Waals surface area contributed by atoms with E-state index in [1.807, 2.05) is 20.8 Å². The van der Waals surface area contributed by atoms with Crippen LogP contribution < -0.4 is 10.6 Å². The first-order chi connectivity index (χ1) is 17.0. The van der Waals surface area contributed by atoms with E-state index in [1.165, 1.54) is 26.0 Å². The molecule has 1 heterocycles. The summed E-state index contributed by atoms with van der Waals surface area (Å²) in [5.41, 5.74) is 8.13. The van der Waals surface area contributed by atoms with E-state index in [0.717, 1.165) is 0 Å². The summed E-state index contributed by atoms with van der Waals surface area (Å²) in [5.74, 6) is -2.74. The molecule has 36 heavy (non-hydrogen) atoms. The highest BCUT2D eigenvalue weighted by Gasteiger charge is 2.44. The number of anilines is 1. The molecular weight excluding hydrogens is 458 g/mol. The van der Waals surface area contributed by atoms with Crippen LogP contribution in [0.3, 0.4) is 0 Å². The van der Waals surface area contributed by atoms with Gasteiger partial charge in [0.1, 0.15) is 11.5 Å². The van der Waals surface area contributed by atoms with Crippen molar-refractivity contribution < 1.29 is 23.9 Å². The summed E-state index contributed by atoms with van der Waals surface area (Å²) < 4.78 is 10.2. The lowest BCUT2D eigenvalue weighted by Crippen LogP contribution is -2.41. The van der Waals surface area contributed by atoms with Gasteiger partial charge in [-0.1, -0.05) is 51.1 Å². The van der Waals surface area contributed by atoms with Crippen LogP contribution in [0.1, 0.15) is 55.1 Å². The zero-order chi connectivity index (χ0) is 26.8. The molecule has 8 nitrogen and oxygen atoms in total. The fraction of sp³-hybridized carbons (Fsp3) is 0.286. The van der Waals surface area contributed by atoms with Gasteiger partial charge in [0.15, 0.2) is 5.78 Å². The highest BCUT2D eigenvalue weighted by molar-refractivity contribution is 6.06. The van der Waals surface area contributed by atoms with Crippen LogP contribution in [0.5, 0.6) is 0 Å². The van der Waals surface area contributed by atoms with Crippen molar-refractivity contribution in [3.05, 3.63) is 87.9 Å². The Hall–Kier alpha value is -4.38. The predicted molar refractivity (Wildman–Crippen MR) is 135 cm³/mol. The van der Waals surface area contributed by atoms with E-state index >= 15 is 0 Å². The lowest BCUT2D eigenvalue weighted by Gasteiger charge is -2.38. The maximum absolute atomic E-state index is 13.3. The smallest absolute Gasteiger partial charge is 0.355 e. The molecule has 1 unspecified atom stereocenters. The second-order valence-corrected chi connectivity index (χ2v) is 9.37. The van der Waals surface area contributed by atoms with E-state index in [0.29, 0.717) is 22.4 Å². The van der Waals surface area contributed by atoms with E-state index in [2.05, 4.69) is 6.07 Å². The summed E-state index contributed by atoms with van der Waals surface area (Å²) >= 11 is 0. The normalized spacial score (nSPS) is 15.9. The molecule has 0 aromatic heterocycles. The first kappa shape index (κ1) is 26.2. The number of ketones is 1. The van der Waals surface area contributed by atoms with Crippen molar-refractivity contribution in [3.63, 3.8) is 0 Å². The summed E-state index contributed by atoms with van der Waals surface area (Å²) in [6, 6.07) is 15.9. The molecule has 3 rings (SSSR count). The van der Waals surface area contributed by atoms with Crippen molar-refractivity contribution in [2.75, 3.05) is 19.1 Å². The number of esters is 2. The van der Waals surface area contributed by atoms with Crippen LogP contribution >= 0.6 is 0 Å². The largest absolute Gasteiger partial charge is 0.466 e. The monoisotopic (exact) mass is 487 g/mol. The van der Waals surface area contributed by atoms with E-state index in [1.54, 1.807) is 48.5 Å². The molecule has 2 aromatic rings. The van der Waals surface area contributed by atoms with Crippen LogP contribution in [0, 0.1) is 11.3 Å². The number of carbonyl (C=O) groups excluding carboxylic acids is 3. The van der Waals surface area contributed by atoms with Gasteiger partial charge in [0.25, 0.3) is 0 Å². The molecule has 1 aliphatic heterocycles. The average Bonchev–Trinajstić information content (AvgIpc) is 2.86. The number of nitrogens with two attached hydrogens (primary N) is 1. The molecule has 8 heteroatoms. The summed E-state index contributed by atoms with van der Waals surface area (Å²) in [7, 11) is 2.40. The fourth-order valence-corrected chi connectivity index (χ4v) is 4.31. The number of Topliss-reactive ketones (excluding diaryl/α,β-unsaturated/α-hetero) is 1. The van der Waals surface area contributed by atoms with E-state index in [9.17, 15) is 19.6 Å². The number of nitrogens with zero attached hydrogens (tertiary/aromatic N) is 2. The molecule has 0 fully saturated rings. The van der Waals surface area contributed by atoms with Crippen LogP contribution in [0.15, 0.2) is 71.2 Å². The van der Waals surface area contributed by atoms with Crippen molar-refractivity contribution in [1.29, 1.82) is 5.26 Å². The summed E-state index contributed by atoms with van der Waals surface area (Å²) in [6.45, 7) is 7.30. The predicted octanol–water partition coefficient (Wildman–Crippen LogP) is 4.08. The fourth-order valence-electron chi connectivity index (χ4n) is 4.31. The van der Waals surface area contributed by atoms with Crippen molar-refractivity contribution in [3.8, 4) is 6.07 Å². The van der Waals surface area contributed by atoms with Crippen LogP contribution in [-0.4, -0.2) is 31.9 Å². The Bertz CT molecular complexity index is 1330. The molecule has 1 aliphatic rings. The Morgan fingerprint density at radius 2 is 1.61 bits per heavy atom. The van der Waals surface area contributed by atoms with Gasteiger partial charge in [-0.05, 0) is 41.7 Å². The highest BCUT2D eigenvalue weighted by Crippen LogP contribution is 2.45. The number of ether oxygens (including phenoxy) is 2. The van der Waals surface area contributed by atoms with Gasteiger partial charge in [0.05, 0.1) is 43.0 Å². The zero-order valence-corrected chi connectivity index (χ0v) is 21.2. The quantitative estimate of drug-likeness (QED) is 0.494. The van der Waals surface area contributed by atoms with Gasteiger partial charge in [-0.15, -0.1) is 0 Å². The summed E-state index contributed by atoms with van der Waals surface area (Å²) in [4.78, 5) is 40.0. The van der Waals surface area contributed by atoms with E-state index < -0.39 is 23.3 Å². The molecule has 2 aromatic carbocycles. The second kappa shape index (κ2) is 10.1. The highest BCUT2D eigenvalue weighted by atomic mass is 16.5. The molecule has 0 bridgehead atoms.